The highest BCUT2D eigenvalue weighted by Crippen LogP contribution is 2.07. The fourth-order valence-electron chi connectivity index (χ4n) is 0.928. The minimum atomic E-state index is -1.10. The second-order valence-corrected chi connectivity index (χ2v) is 2.76. The van der Waals surface area contributed by atoms with Crippen molar-refractivity contribution in [3.8, 4) is 0 Å². The van der Waals surface area contributed by atoms with E-state index in [2.05, 4.69) is 15.6 Å². The van der Waals surface area contributed by atoms with Crippen molar-refractivity contribution in [1.82, 2.24) is 10.3 Å². The van der Waals surface area contributed by atoms with Crippen LogP contribution in [0.4, 0.5) is 5.69 Å². The number of pyridine rings is 1. The van der Waals surface area contributed by atoms with Gasteiger partial charge in [-0.1, -0.05) is 0 Å². The minimum Gasteiger partial charge on any atom is -0.477 e. The van der Waals surface area contributed by atoms with Crippen molar-refractivity contribution >= 4 is 17.6 Å². The molecule has 0 bridgehead atoms. The van der Waals surface area contributed by atoms with E-state index in [1.807, 2.05) is 0 Å². The van der Waals surface area contributed by atoms with Gasteiger partial charge in [-0.2, -0.15) is 0 Å². The predicted molar refractivity (Wildman–Crippen MR) is 53.8 cm³/mol. The number of amides is 1. The molecule has 1 rings (SSSR count). The molecule has 0 saturated heterocycles. The zero-order valence-corrected chi connectivity index (χ0v) is 8.15. The van der Waals surface area contributed by atoms with Crippen LogP contribution in [0.2, 0.25) is 0 Å². The van der Waals surface area contributed by atoms with Crippen molar-refractivity contribution in [3.63, 3.8) is 0 Å². The summed E-state index contributed by atoms with van der Waals surface area (Å²) in [6.45, 7) is 0.0968. The lowest BCUT2D eigenvalue weighted by molar-refractivity contribution is -0.118. The molecule has 1 aromatic heterocycles. The van der Waals surface area contributed by atoms with Crippen molar-refractivity contribution in [3.05, 3.63) is 24.0 Å². The van der Waals surface area contributed by atoms with Crippen LogP contribution in [-0.4, -0.2) is 35.6 Å². The number of aromatic nitrogens is 1. The lowest BCUT2D eigenvalue weighted by Crippen LogP contribution is -2.26. The van der Waals surface area contributed by atoms with Crippen LogP contribution in [0.1, 0.15) is 10.5 Å². The maximum Gasteiger partial charge on any atom is 0.354 e. The molecule has 0 saturated carbocycles. The third kappa shape index (κ3) is 3.26. The molecule has 1 aromatic rings. The number of anilines is 1. The van der Waals surface area contributed by atoms with Crippen LogP contribution in [0, 0.1) is 0 Å². The molecule has 15 heavy (non-hydrogen) atoms. The maximum atomic E-state index is 10.9. The summed E-state index contributed by atoms with van der Waals surface area (Å²) >= 11 is 0. The molecule has 0 fully saturated rings. The van der Waals surface area contributed by atoms with E-state index in [-0.39, 0.29) is 18.1 Å². The smallest absolute Gasteiger partial charge is 0.354 e. The van der Waals surface area contributed by atoms with Crippen LogP contribution >= 0.6 is 0 Å². The van der Waals surface area contributed by atoms with E-state index in [1.54, 1.807) is 6.07 Å². The SMILES string of the molecule is CNC(=O)CNc1ccnc(C(=O)O)c1. The van der Waals surface area contributed by atoms with Gasteiger partial charge in [0.15, 0.2) is 0 Å². The summed E-state index contributed by atoms with van der Waals surface area (Å²) in [5.74, 6) is -1.28. The van der Waals surface area contributed by atoms with Gasteiger partial charge < -0.3 is 15.7 Å². The number of rotatable bonds is 4. The average Bonchev–Trinajstić information content (AvgIpc) is 2.26. The molecule has 0 unspecified atom stereocenters. The quantitative estimate of drug-likeness (QED) is 0.646. The second-order valence-electron chi connectivity index (χ2n) is 2.76. The Kier molecular flexibility index (Phi) is 3.61. The minimum absolute atomic E-state index is 0.0584. The number of carbonyl (C=O) groups is 2. The van der Waals surface area contributed by atoms with Crippen LogP contribution in [0.5, 0.6) is 0 Å². The van der Waals surface area contributed by atoms with Crippen LogP contribution in [-0.2, 0) is 4.79 Å². The zero-order chi connectivity index (χ0) is 11.3. The van der Waals surface area contributed by atoms with Gasteiger partial charge in [0.25, 0.3) is 0 Å². The van der Waals surface area contributed by atoms with Gasteiger partial charge in [-0.15, -0.1) is 0 Å². The maximum absolute atomic E-state index is 10.9. The third-order valence-corrected chi connectivity index (χ3v) is 1.71. The van der Waals surface area contributed by atoms with Crippen molar-refractivity contribution in [2.75, 3.05) is 18.9 Å². The number of carbonyl (C=O) groups excluding carboxylic acids is 1. The molecule has 0 spiro atoms. The Morgan fingerprint density at radius 1 is 1.53 bits per heavy atom. The highest BCUT2D eigenvalue weighted by molar-refractivity contribution is 5.87. The summed E-state index contributed by atoms with van der Waals surface area (Å²) in [5, 5.41) is 13.9. The lowest BCUT2D eigenvalue weighted by atomic mass is 10.3. The lowest BCUT2D eigenvalue weighted by Gasteiger charge is -2.05. The van der Waals surface area contributed by atoms with Gasteiger partial charge in [0.2, 0.25) is 5.91 Å². The second kappa shape index (κ2) is 4.94. The van der Waals surface area contributed by atoms with E-state index in [0.717, 1.165) is 0 Å². The Balaban J connectivity index is 2.66. The van der Waals surface area contributed by atoms with Crippen molar-refractivity contribution < 1.29 is 14.7 Å². The van der Waals surface area contributed by atoms with Crippen LogP contribution < -0.4 is 10.6 Å². The molecule has 3 N–H and O–H groups in total. The zero-order valence-electron chi connectivity index (χ0n) is 8.15. The number of likely N-dealkylation sites (N-methyl/N-ethyl adjacent to an activating group) is 1. The first-order valence-electron chi connectivity index (χ1n) is 4.27. The van der Waals surface area contributed by atoms with Crippen molar-refractivity contribution in [2.24, 2.45) is 0 Å². The molecule has 1 heterocycles. The third-order valence-electron chi connectivity index (χ3n) is 1.71. The fourth-order valence-corrected chi connectivity index (χ4v) is 0.928. The molecule has 1 amide bonds. The van der Waals surface area contributed by atoms with E-state index < -0.39 is 5.97 Å². The highest BCUT2D eigenvalue weighted by atomic mass is 16.4. The predicted octanol–water partition coefficient (Wildman–Crippen LogP) is -0.0623. The van der Waals surface area contributed by atoms with E-state index >= 15 is 0 Å². The first kappa shape index (κ1) is 11.0. The van der Waals surface area contributed by atoms with E-state index in [4.69, 9.17) is 5.11 Å². The summed E-state index contributed by atoms with van der Waals surface area (Å²) in [7, 11) is 1.53. The number of aromatic carboxylic acids is 1. The van der Waals surface area contributed by atoms with Crippen LogP contribution in [0.25, 0.3) is 0 Å². The normalized spacial score (nSPS) is 9.40. The summed E-state index contributed by atoms with van der Waals surface area (Å²) in [4.78, 5) is 25.1. The molecule has 6 heteroatoms. The standard InChI is InChI=1S/C9H11N3O3/c1-10-8(13)5-12-6-2-3-11-7(4-6)9(14)15/h2-4H,5H2,1H3,(H,10,13)(H,11,12)(H,14,15). The van der Waals surface area contributed by atoms with Gasteiger partial charge in [-0.05, 0) is 12.1 Å². The Labute approximate surface area is 86.3 Å². The Morgan fingerprint density at radius 3 is 2.87 bits per heavy atom. The largest absolute Gasteiger partial charge is 0.477 e. The number of hydrogen-bond donors (Lipinski definition) is 3. The summed E-state index contributed by atoms with van der Waals surface area (Å²) in [5.41, 5.74) is 0.489. The summed E-state index contributed by atoms with van der Waals surface area (Å²) < 4.78 is 0. The van der Waals surface area contributed by atoms with Gasteiger partial charge in [0, 0.05) is 18.9 Å². The van der Waals surface area contributed by atoms with E-state index in [1.165, 1.54) is 19.3 Å². The molecule has 0 aliphatic rings. The van der Waals surface area contributed by atoms with Gasteiger partial charge in [-0.3, -0.25) is 4.79 Å². The Bertz CT molecular complexity index is 379. The fraction of sp³-hybridized carbons (Fsp3) is 0.222. The number of nitrogens with zero attached hydrogens (tertiary/aromatic N) is 1. The van der Waals surface area contributed by atoms with Crippen LogP contribution in [0.15, 0.2) is 18.3 Å². The average molecular weight is 209 g/mol. The molecular weight excluding hydrogens is 198 g/mol. The van der Waals surface area contributed by atoms with E-state index in [9.17, 15) is 9.59 Å². The van der Waals surface area contributed by atoms with Gasteiger partial charge in [0.1, 0.15) is 5.69 Å². The first-order valence-corrected chi connectivity index (χ1v) is 4.27. The first-order chi connectivity index (χ1) is 7.13. The molecule has 80 valence electrons. The Hall–Kier alpha value is -2.11. The Morgan fingerprint density at radius 2 is 2.27 bits per heavy atom. The van der Waals surface area contributed by atoms with Crippen molar-refractivity contribution in [1.29, 1.82) is 0 Å². The number of nitrogens with one attached hydrogen (secondary N) is 2. The monoisotopic (exact) mass is 209 g/mol. The van der Waals surface area contributed by atoms with Crippen LogP contribution in [0.3, 0.4) is 0 Å². The molecule has 0 aromatic carbocycles. The molecule has 0 radical (unpaired) electrons. The number of carboxylic acid groups (broad SMARTS) is 1. The molecule has 0 aliphatic carbocycles. The topological polar surface area (TPSA) is 91.3 Å². The van der Waals surface area contributed by atoms with Gasteiger partial charge >= 0.3 is 5.97 Å². The van der Waals surface area contributed by atoms with Crippen molar-refractivity contribution in [2.45, 2.75) is 0 Å². The summed E-state index contributed by atoms with van der Waals surface area (Å²) in [6.07, 6.45) is 1.37. The molecule has 0 atom stereocenters. The number of carboxylic acids is 1. The van der Waals surface area contributed by atoms with Gasteiger partial charge in [0.05, 0.1) is 6.54 Å². The van der Waals surface area contributed by atoms with Gasteiger partial charge in [-0.25, -0.2) is 9.78 Å². The summed E-state index contributed by atoms with van der Waals surface area (Å²) in [6, 6.07) is 2.96. The molecule has 0 aliphatic heterocycles. The molecule has 6 nitrogen and oxygen atoms in total. The number of hydrogen-bond acceptors (Lipinski definition) is 4. The van der Waals surface area contributed by atoms with E-state index in [0.29, 0.717) is 5.69 Å². The highest BCUT2D eigenvalue weighted by Gasteiger charge is 2.05. The molecular formula is C9H11N3O3.